The fraction of sp³-hybridized carbons (Fsp3) is 0.300. The summed E-state index contributed by atoms with van der Waals surface area (Å²) in [4.78, 5) is 25.7. The van der Waals surface area contributed by atoms with Crippen LogP contribution in [0.1, 0.15) is 11.5 Å². The summed E-state index contributed by atoms with van der Waals surface area (Å²) in [5.74, 6) is -0.929. The minimum atomic E-state index is -0.889. The van der Waals surface area contributed by atoms with Gasteiger partial charge < -0.3 is 19.5 Å². The minimum Gasteiger partial charge on any atom is -0.493 e. The first-order valence-electron chi connectivity index (χ1n) is 8.41. The lowest BCUT2D eigenvalue weighted by molar-refractivity contribution is -0.142. The molecular weight excluding hydrogens is 334 g/mol. The van der Waals surface area contributed by atoms with E-state index in [-0.39, 0.29) is 25.0 Å². The molecule has 0 aliphatic carbocycles. The van der Waals surface area contributed by atoms with E-state index in [1.54, 1.807) is 23.1 Å². The molecule has 1 fully saturated rings. The summed E-state index contributed by atoms with van der Waals surface area (Å²) in [6.45, 7) is 0.395. The van der Waals surface area contributed by atoms with Gasteiger partial charge in [-0.3, -0.25) is 9.59 Å². The van der Waals surface area contributed by atoms with Crippen LogP contribution in [0, 0.1) is 5.92 Å². The maximum Gasteiger partial charge on any atom is 0.308 e. The van der Waals surface area contributed by atoms with Crippen LogP contribution in [-0.2, 0) is 9.59 Å². The van der Waals surface area contributed by atoms with Crippen LogP contribution in [-0.4, -0.2) is 48.7 Å². The predicted octanol–water partition coefficient (Wildman–Crippen LogP) is 2.40. The van der Waals surface area contributed by atoms with Crippen LogP contribution in [0.2, 0.25) is 0 Å². The topological polar surface area (TPSA) is 76.1 Å². The molecule has 0 spiro atoms. The van der Waals surface area contributed by atoms with Crippen molar-refractivity contribution in [1.29, 1.82) is 0 Å². The number of hydrogen-bond acceptors (Lipinski definition) is 4. The number of para-hydroxylation sites is 2. The molecule has 3 rings (SSSR count). The number of aliphatic carboxylic acids is 1. The van der Waals surface area contributed by atoms with Crippen molar-refractivity contribution < 1.29 is 24.2 Å². The fourth-order valence-corrected chi connectivity index (χ4v) is 3.26. The van der Waals surface area contributed by atoms with Crippen LogP contribution in [0.3, 0.4) is 0 Å². The van der Waals surface area contributed by atoms with Gasteiger partial charge in [-0.15, -0.1) is 0 Å². The van der Waals surface area contributed by atoms with Crippen molar-refractivity contribution in [3.8, 4) is 11.5 Å². The Kier molecular flexibility index (Phi) is 5.41. The van der Waals surface area contributed by atoms with Crippen molar-refractivity contribution in [2.24, 2.45) is 5.92 Å². The Hall–Kier alpha value is -3.02. The zero-order chi connectivity index (χ0) is 18.5. The number of carbonyl (C=O) groups is 2. The molecular formula is C20H21NO5. The van der Waals surface area contributed by atoms with Gasteiger partial charge in [0.05, 0.1) is 13.0 Å². The number of likely N-dealkylation sites (tertiary alicyclic amines) is 1. The van der Waals surface area contributed by atoms with Crippen LogP contribution in [0.4, 0.5) is 0 Å². The van der Waals surface area contributed by atoms with Gasteiger partial charge in [0.15, 0.2) is 18.1 Å². The maximum atomic E-state index is 12.5. The third-order valence-corrected chi connectivity index (χ3v) is 4.64. The summed E-state index contributed by atoms with van der Waals surface area (Å²) in [7, 11) is 1.53. The molecule has 1 aliphatic heterocycles. The van der Waals surface area contributed by atoms with Crippen molar-refractivity contribution in [1.82, 2.24) is 4.90 Å². The molecule has 6 nitrogen and oxygen atoms in total. The highest BCUT2D eigenvalue weighted by atomic mass is 16.5. The molecule has 0 saturated carbocycles. The standard InChI is InChI=1S/C20H21NO5/c1-25-17-9-5-6-10-18(17)26-13-19(22)21-11-15(16(12-21)20(23)24)14-7-3-2-4-8-14/h2-10,15-16H,11-13H2,1H3,(H,23,24). The minimum absolute atomic E-state index is 0.159. The average molecular weight is 355 g/mol. The number of amides is 1. The average Bonchev–Trinajstić information content (AvgIpc) is 3.13. The molecule has 136 valence electrons. The number of carboxylic acid groups (broad SMARTS) is 1. The zero-order valence-corrected chi connectivity index (χ0v) is 14.5. The predicted molar refractivity (Wildman–Crippen MR) is 95.4 cm³/mol. The Morgan fingerprint density at radius 3 is 2.35 bits per heavy atom. The molecule has 0 radical (unpaired) electrons. The summed E-state index contributed by atoms with van der Waals surface area (Å²) in [6.07, 6.45) is 0. The van der Waals surface area contributed by atoms with E-state index in [0.29, 0.717) is 18.0 Å². The lowest BCUT2D eigenvalue weighted by Gasteiger charge is -2.17. The first kappa shape index (κ1) is 17.8. The number of methoxy groups -OCH3 is 1. The molecule has 1 heterocycles. The van der Waals surface area contributed by atoms with E-state index < -0.39 is 11.9 Å². The van der Waals surface area contributed by atoms with Gasteiger partial charge in [0.2, 0.25) is 0 Å². The quantitative estimate of drug-likeness (QED) is 0.861. The fourth-order valence-electron chi connectivity index (χ4n) is 3.26. The van der Waals surface area contributed by atoms with Gasteiger partial charge in [0, 0.05) is 19.0 Å². The first-order valence-corrected chi connectivity index (χ1v) is 8.41. The van der Waals surface area contributed by atoms with E-state index in [1.807, 2.05) is 36.4 Å². The third-order valence-electron chi connectivity index (χ3n) is 4.64. The Morgan fingerprint density at radius 2 is 1.69 bits per heavy atom. The Balaban J connectivity index is 1.67. The zero-order valence-electron chi connectivity index (χ0n) is 14.5. The maximum absolute atomic E-state index is 12.5. The van der Waals surface area contributed by atoms with Crippen LogP contribution >= 0.6 is 0 Å². The highest BCUT2D eigenvalue weighted by molar-refractivity contribution is 5.80. The number of nitrogens with zero attached hydrogens (tertiary/aromatic N) is 1. The molecule has 1 aliphatic rings. The summed E-state index contributed by atoms with van der Waals surface area (Å²) in [6, 6.07) is 16.5. The highest BCUT2D eigenvalue weighted by Gasteiger charge is 2.40. The van der Waals surface area contributed by atoms with Crippen molar-refractivity contribution >= 4 is 11.9 Å². The SMILES string of the molecule is COc1ccccc1OCC(=O)N1CC(C(=O)O)C(c2ccccc2)C1. The normalized spacial score (nSPS) is 19.2. The number of benzene rings is 2. The second-order valence-electron chi connectivity index (χ2n) is 6.20. The lowest BCUT2D eigenvalue weighted by Crippen LogP contribution is -2.33. The van der Waals surface area contributed by atoms with Crippen LogP contribution in [0.15, 0.2) is 54.6 Å². The van der Waals surface area contributed by atoms with Gasteiger partial charge >= 0.3 is 5.97 Å². The summed E-state index contributed by atoms with van der Waals surface area (Å²) >= 11 is 0. The Bertz CT molecular complexity index is 777. The van der Waals surface area contributed by atoms with Crippen LogP contribution < -0.4 is 9.47 Å². The van der Waals surface area contributed by atoms with Crippen molar-refractivity contribution in [3.63, 3.8) is 0 Å². The van der Waals surface area contributed by atoms with E-state index >= 15 is 0 Å². The molecule has 6 heteroatoms. The molecule has 2 unspecified atom stereocenters. The van der Waals surface area contributed by atoms with Crippen molar-refractivity contribution in [2.45, 2.75) is 5.92 Å². The molecule has 1 saturated heterocycles. The van der Waals surface area contributed by atoms with Gasteiger partial charge in [-0.25, -0.2) is 0 Å². The largest absolute Gasteiger partial charge is 0.493 e. The van der Waals surface area contributed by atoms with Crippen LogP contribution in [0.25, 0.3) is 0 Å². The highest BCUT2D eigenvalue weighted by Crippen LogP contribution is 2.33. The molecule has 0 aromatic heterocycles. The van der Waals surface area contributed by atoms with Gasteiger partial charge in [-0.2, -0.15) is 0 Å². The molecule has 1 N–H and O–H groups in total. The first-order chi connectivity index (χ1) is 12.6. The Labute approximate surface area is 152 Å². The lowest BCUT2D eigenvalue weighted by atomic mass is 9.89. The number of carbonyl (C=O) groups excluding carboxylic acids is 1. The summed E-state index contributed by atoms with van der Waals surface area (Å²) in [5, 5.41) is 9.54. The number of rotatable bonds is 6. The molecule has 2 aromatic rings. The number of carboxylic acids is 1. The van der Waals surface area contributed by atoms with Crippen LogP contribution in [0.5, 0.6) is 11.5 Å². The second-order valence-corrected chi connectivity index (χ2v) is 6.20. The molecule has 2 aromatic carbocycles. The van der Waals surface area contributed by atoms with Gasteiger partial charge in [-0.1, -0.05) is 42.5 Å². The molecule has 1 amide bonds. The summed E-state index contributed by atoms with van der Waals surface area (Å²) < 4.78 is 10.8. The van der Waals surface area contributed by atoms with Gasteiger partial charge in [-0.05, 0) is 17.7 Å². The second kappa shape index (κ2) is 7.91. The number of hydrogen-bond donors (Lipinski definition) is 1. The van der Waals surface area contributed by atoms with E-state index in [1.165, 1.54) is 7.11 Å². The van der Waals surface area contributed by atoms with Gasteiger partial charge in [0.1, 0.15) is 0 Å². The molecule has 0 bridgehead atoms. The summed E-state index contributed by atoms with van der Waals surface area (Å²) in [5.41, 5.74) is 0.931. The molecule has 2 atom stereocenters. The van der Waals surface area contributed by atoms with E-state index in [9.17, 15) is 14.7 Å². The number of ether oxygens (including phenoxy) is 2. The Morgan fingerprint density at radius 1 is 1.04 bits per heavy atom. The smallest absolute Gasteiger partial charge is 0.308 e. The molecule has 26 heavy (non-hydrogen) atoms. The third kappa shape index (κ3) is 3.79. The van der Waals surface area contributed by atoms with Crippen molar-refractivity contribution in [3.05, 3.63) is 60.2 Å². The van der Waals surface area contributed by atoms with Crippen molar-refractivity contribution in [2.75, 3.05) is 26.8 Å². The van der Waals surface area contributed by atoms with Gasteiger partial charge in [0.25, 0.3) is 5.91 Å². The van der Waals surface area contributed by atoms with E-state index in [0.717, 1.165) is 5.56 Å². The van der Waals surface area contributed by atoms with E-state index in [2.05, 4.69) is 0 Å². The van der Waals surface area contributed by atoms with E-state index in [4.69, 9.17) is 9.47 Å². The monoisotopic (exact) mass is 355 g/mol.